The van der Waals surface area contributed by atoms with E-state index in [2.05, 4.69) is 20.3 Å². The molecular weight excluding hydrogens is 405 g/mol. The van der Waals surface area contributed by atoms with E-state index in [9.17, 15) is 9.18 Å². The maximum absolute atomic E-state index is 13.5. The Morgan fingerprint density at radius 1 is 1.06 bits per heavy atom. The maximum Gasteiger partial charge on any atom is 0.242 e. The van der Waals surface area contributed by atoms with Crippen molar-refractivity contribution in [1.29, 1.82) is 0 Å². The topological polar surface area (TPSA) is 96.7 Å². The zero-order valence-electron chi connectivity index (χ0n) is 18.3. The van der Waals surface area contributed by atoms with Crippen molar-refractivity contribution in [1.82, 2.24) is 15.0 Å². The molecule has 0 aliphatic carbocycles. The van der Waals surface area contributed by atoms with E-state index in [-0.39, 0.29) is 17.1 Å². The summed E-state index contributed by atoms with van der Waals surface area (Å²) in [5.41, 5.74) is 10.2. The van der Waals surface area contributed by atoms with E-state index in [0.717, 1.165) is 27.8 Å². The largest absolute Gasteiger partial charge is 0.339 e. The summed E-state index contributed by atoms with van der Waals surface area (Å²) >= 11 is 0. The summed E-state index contributed by atoms with van der Waals surface area (Å²) in [6.45, 7) is 6.13. The predicted molar refractivity (Wildman–Crippen MR) is 125 cm³/mol. The van der Waals surface area contributed by atoms with Crippen molar-refractivity contribution in [3.05, 3.63) is 66.7 Å². The smallest absolute Gasteiger partial charge is 0.242 e. The monoisotopic (exact) mass is 431 g/mol. The lowest BCUT2D eigenvalue weighted by Crippen LogP contribution is -2.38. The summed E-state index contributed by atoms with van der Waals surface area (Å²) in [7, 11) is 0. The molecule has 164 valence electrons. The van der Waals surface area contributed by atoms with Gasteiger partial charge in [0.05, 0.1) is 11.7 Å². The molecule has 0 saturated carbocycles. The number of fused-ring (bicyclic) bond motifs is 1. The lowest BCUT2D eigenvalue weighted by Gasteiger charge is -2.22. The number of hydrogen-bond donors (Lipinski definition) is 3. The molecule has 0 bridgehead atoms. The molecule has 0 saturated heterocycles. The van der Waals surface area contributed by atoms with Gasteiger partial charge in [0.1, 0.15) is 17.3 Å². The fourth-order valence-corrected chi connectivity index (χ4v) is 3.76. The minimum atomic E-state index is -0.627. The third-order valence-electron chi connectivity index (χ3n) is 5.18. The molecule has 0 radical (unpaired) electrons. The van der Waals surface area contributed by atoms with Crippen molar-refractivity contribution in [3.8, 4) is 22.4 Å². The molecule has 1 amide bonds. The highest BCUT2D eigenvalue weighted by atomic mass is 19.1. The van der Waals surface area contributed by atoms with Crippen molar-refractivity contribution < 1.29 is 9.18 Å². The molecule has 0 spiro atoms. The Hall–Kier alpha value is -3.58. The molecule has 6 nitrogen and oxygen atoms in total. The third kappa shape index (κ3) is 4.68. The fourth-order valence-electron chi connectivity index (χ4n) is 3.76. The number of carbonyl (C=O) groups excluding carboxylic acids is 1. The molecule has 1 aromatic carbocycles. The summed E-state index contributed by atoms with van der Waals surface area (Å²) in [5, 5.41) is 3.70. The number of aromatic nitrogens is 3. The van der Waals surface area contributed by atoms with E-state index in [1.54, 1.807) is 30.6 Å². The van der Waals surface area contributed by atoms with Crippen LogP contribution in [0.3, 0.4) is 0 Å². The van der Waals surface area contributed by atoms with E-state index in [1.165, 1.54) is 12.1 Å². The van der Waals surface area contributed by atoms with Gasteiger partial charge in [-0.2, -0.15) is 0 Å². The summed E-state index contributed by atoms with van der Waals surface area (Å²) in [5.74, 6) is -0.156. The number of aromatic amines is 1. The minimum Gasteiger partial charge on any atom is -0.339 e. The van der Waals surface area contributed by atoms with Gasteiger partial charge in [0, 0.05) is 23.3 Å². The molecule has 1 unspecified atom stereocenters. The normalized spacial score (nSPS) is 12.7. The first-order valence-electron chi connectivity index (χ1n) is 10.5. The van der Waals surface area contributed by atoms with Gasteiger partial charge in [0.25, 0.3) is 0 Å². The predicted octanol–water partition coefficient (Wildman–Crippen LogP) is 5.13. The summed E-state index contributed by atoms with van der Waals surface area (Å²) in [6, 6.07) is 13.2. The molecule has 0 fully saturated rings. The number of anilines is 1. The number of rotatable bonds is 5. The van der Waals surface area contributed by atoms with Gasteiger partial charge in [-0.25, -0.2) is 9.37 Å². The average molecular weight is 432 g/mol. The van der Waals surface area contributed by atoms with Crippen LogP contribution in [-0.4, -0.2) is 26.9 Å². The molecule has 4 rings (SSSR count). The van der Waals surface area contributed by atoms with Gasteiger partial charge >= 0.3 is 0 Å². The van der Waals surface area contributed by atoms with Crippen LogP contribution in [-0.2, 0) is 4.79 Å². The van der Waals surface area contributed by atoms with Crippen LogP contribution in [0.4, 0.5) is 10.2 Å². The number of nitrogens with one attached hydrogen (secondary N) is 2. The van der Waals surface area contributed by atoms with E-state index in [4.69, 9.17) is 5.73 Å². The minimum absolute atomic E-state index is 0.0584. The summed E-state index contributed by atoms with van der Waals surface area (Å²) in [6.07, 6.45) is 4.01. The van der Waals surface area contributed by atoms with Gasteiger partial charge in [-0.05, 0) is 71.5 Å². The van der Waals surface area contributed by atoms with Gasteiger partial charge in [0.2, 0.25) is 5.91 Å². The number of nitrogens with two attached hydrogens (primary N) is 1. The Morgan fingerprint density at radius 3 is 2.41 bits per heavy atom. The summed E-state index contributed by atoms with van der Waals surface area (Å²) in [4.78, 5) is 24.6. The van der Waals surface area contributed by atoms with E-state index < -0.39 is 6.04 Å². The second-order valence-electron chi connectivity index (χ2n) is 9.07. The highest BCUT2D eigenvalue weighted by molar-refractivity contribution is 6.03. The Kier molecular flexibility index (Phi) is 5.76. The lowest BCUT2D eigenvalue weighted by atomic mass is 9.88. The molecule has 4 N–H and O–H groups in total. The molecule has 0 aliphatic rings. The van der Waals surface area contributed by atoms with Crippen LogP contribution >= 0.6 is 0 Å². The molecule has 0 aliphatic heterocycles. The van der Waals surface area contributed by atoms with Crippen molar-refractivity contribution in [3.63, 3.8) is 0 Å². The Morgan fingerprint density at radius 2 is 1.75 bits per heavy atom. The van der Waals surface area contributed by atoms with Gasteiger partial charge in [-0.15, -0.1) is 0 Å². The first kappa shape index (κ1) is 21.6. The molecule has 32 heavy (non-hydrogen) atoms. The lowest BCUT2D eigenvalue weighted by molar-refractivity contribution is -0.118. The van der Waals surface area contributed by atoms with E-state index in [0.29, 0.717) is 17.9 Å². The van der Waals surface area contributed by atoms with Crippen LogP contribution in [0, 0.1) is 11.2 Å². The fraction of sp³-hybridized carbons (Fsp3) is 0.240. The van der Waals surface area contributed by atoms with Crippen LogP contribution in [0.2, 0.25) is 0 Å². The van der Waals surface area contributed by atoms with Crippen LogP contribution < -0.4 is 11.1 Å². The molecular formula is C25H26FN5O. The third-order valence-corrected chi connectivity index (χ3v) is 5.18. The van der Waals surface area contributed by atoms with Crippen LogP contribution in [0.15, 0.2) is 60.9 Å². The zero-order valence-corrected chi connectivity index (χ0v) is 18.3. The van der Waals surface area contributed by atoms with Crippen molar-refractivity contribution in [2.45, 2.75) is 33.2 Å². The van der Waals surface area contributed by atoms with Crippen molar-refractivity contribution >= 4 is 22.8 Å². The van der Waals surface area contributed by atoms with E-state index in [1.807, 2.05) is 39.0 Å². The Labute approximate surface area is 186 Å². The number of hydrogen-bond acceptors (Lipinski definition) is 4. The SMILES string of the molecule is CC(C)(C)CC(N)C(=O)Nc1ccc2c(-c3ccncc3)c(-c3ccc(F)cc3)[nH]c2n1. The first-order chi connectivity index (χ1) is 15.2. The Balaban J connectivity index is 1.74. The van der Waals surface area contributed by atoms with E-state index >= 15 is 0 Å². The highest BCUT2D eigenvalue weighted by Crippen LogP contribution is 2.38. The number of pyridine rings is 2. The van der Waals surface area contributed by atoms with Crippen molar-refractivity contribution in [2.24, 2.45) is 11.1 Å². The quantitative estimate of drug-likeness (QED) is 0.408. The molecule has 3 heterocycles. The van der Waals surface area contributed by atoms with Crippen LogP contribution in [0.5, 0.6) is 0 Å². The van der Waals surface area contributed by atoms with Crippen molar-refractivity contribution in [2.75, 3.05) is 5.32 Å². The maximum atomic E-state index is 13.5. The zero-order chi connectivity index (χ0) is 22.9. The van der Waals surface area contributed by atoms with Crippen LogP contribution in [0.25, 0.3) is 33.4 Å². The van der Waals surface area contributed by atoms with Crippen LogP contribution in [0.1, 0.15) is 27.2 Å². The number of carbonyl (C=O) groups is 1. The molecule has 7 heteroatoms. The van der Waals surface area contributed by atoms with Gasteiger partial charge < -0.3 is 16.0 Å². The van der Waals surface area contributed by atoms with Gasteiger partial charge in [0.15, 0.2) is 0 Å². The number of H-pyrrole nitrogens is 1. The number of benzene rings is 1. The van der Waals surface area contributed by atoms with Gasteiger partial charge in [-0.1, -0.05) is 20.8 Å². The highest BCUT2D eigenvalue weighted by Gasteiger charge is 2.22. The Bertz CT molecular complexity index is 1240. The number of amides is 1. The second-order valence-corrected chi connectivity index (χ2v) is 9.07. The average Bonchev–Trinajstić information content (AvgIpc) is 3.12. The summed E-state index contributed by atoms with van der Waals surface area (Å²) < 4.78 is 13.5. The molecule has 4 aromatic rings. The first-order valence-corrected chi connectivity index (χ1v) is 10.5. The number of halogens is 1. The second kappa shape index (κ2) is 8.51. The molecule has 3 aromatic heterocycles. The molecule has 1 atom stereocenters. The standard InChI is InChI=1S/C25H26FN5O/c1-25(2,3)14-19(27)24(32)30-20-9-8-18-21(15-10-12-28-13-11-15)22(31-23(18)29-20)16-4-6-17(26)7-5-16/h4-13,19H,14,27H2,1-3H3,(H2,29,30,31,32). The number of nitrogens with zero attached hydrogens (tertiary/aromatic N) is 2. The van der Waals surface area contributed by atoms with Gasteiger partial charge in [-0.3, -0.25) is 9.78 Å².